The molecule has 1 aliphatic heterocycles. The average molecular weight is 461 g/mol. The molecule has 32 heavy (non-hydrogen) atoms. The van der Waals surface area contributed by atoms with Gasteiger partial charge in [-0.3, -0.25) is 0 Å². The molecule has 1 aromatic carbocycles. The van der Waals surface area contributed by atoms with Crippen LogP contribution < -0.4 is 10.2 Å². The van der Waals surface area contributed by atoms with E-state index in [1.54, 1.807) is 12.1 Å². The number of aryl methyl sites for hydroxylation is 1. The number of hydrogen-bond donors (Lipinski definition) is 1. The molecule has 0 unspecified atom stereocenters. The summed E-state index contributed by atoms with van der Waals surface area (Å²) in [6.07, 6.45) is 0. The number of nitrogens with zero attached hydrogens (tertiary/aromatic N) is 5. The highest BCUT2D eigenvalue weighted by atomic mass is 32.2. The summed E-state index contributed by atoms with van der Waals surface area (Å²) in [5, 5.41) is 11.5. The van der Waals surface area contributed by atoms with E-state index >= 15 is 0 Å². The van der Waals surface area contributed by atoms with Gasteiger partial charge in [-0.1, -0.05) is 6.07 Å². The van der Waals surface area contributed by atoms with Crippen LogP contribution in [0.5, 0.6) is 0 Å². The summed E-state index contributed by atoms with van der Waals surface area (Å²) in [6, 6.07) is 12.0. The molecule has 0 spiro atoms. The lowest BCUT2D eigenvalue weighted by molar-refractivity contribution is 0.382. The first-order valence-electron chi connectivity index (χ1n) is 10.0. The van der Waals surface area contributed by atoms with Gasteiger partial charge >= 0.3 is 0 Å². The normalized spacial score (nSPS) is 15.0. The van der Waals surface area contributed by atoms with Crippen molar-refractivity contribution in [2.24, 2.45) is 0 Å². The molecule has 3 aromatic rings. The van der Waals surface area contributed by atoms with Crippen LogP contribution >= 0.6 is 0 Å². The summed E-state index contributed by atoms with van der Waals surface area (Å²) in [4.78, 5) is 6.28. The third-order valence-electron chi connectivity index (χ3n) is 5.10. The smallest absolute Gasteiger partial charge is 0.218 e. The maximum Gasteiger partial charge on any atom is 0.218 e. The predicted molar refractivity (Wildman–Crippen MR) is 117 cm³/mol. The number of rotatable bonds is 6. The summed E-state index contributed by atoms with van der Waals surface area (Å²) in [7, 11) is -3.78. The second-order valence-electron chi connectivity index (χ2n) is 7.44. The molecule has 1 aliphatic rings. The lowest BCUT2D eigenvalue weighted by Gasteiger charge is -2.34. The van der Waals surface area contributed by atoms with E-state index < -0.39 is 27.4 Å². The van der Waals surface area contributed by atoms with E-state index in [4.69, 9.17) is 0 Å². The number of piperazine rings is 1. The molecular formula is C21H22F2N6O2S. The fourth-order valence-corrected chi connectivity index (χ4v) is 4.96. The van der Waals surface area contributed by atoms with Crippen molar-refractivity contribution in [1.82, 2.24) is 19.5 Å². The van der Waals surface area contributed by atoms with Crippen molar-refractivity contribution in [3.63, 3.8) is 0 Å². The number of anilines is 3. The zero-order valence-electron chi connectivity index (χ0n) is 17.4. The lowest BCUT2D eigenvalue weighted by Crippen LogP contribution is -2.49. The van der Waals surface area contributed by atoms with Crippen LogP contribution in [0.4, 0.5) is 26.2 Å². The SMILES string of the molecule is Cc1cccc(Nc2ccc(N3CCN(S(=O)(=O)Cc4cc(F)ccc4F)CC3)nn2)n1. The van der Waals surface area contributed by atoms with E-state index in [2.05, 4.69) is 20.5 Å². The topological polar surface area (TPSA) is 91.3 Å². The molecule has 4 rings (SSSR count). The molecule has 0 radical (unpaired) electrons. The summed E-state index contributed by atoms with van der Waals surface area (Å²) >= 11 is 0. The molecule has 3 heterocycles. The molecule has 1 fully saturated rings. The number of pyridine rings is 1. The Morgan fingerprint density at radius 1 is 0.969 bits per heavy atom. The number of hydrogen-bond acceptors (Lipinski definition) is 7. The van der Waals surface area contributed by atoms with Gasteiger partial charge in [0, 0.05) is 37.4 Å². The van der Waals surface area contributed by atoms with Gasteiger partial charge in [0.2, 0.25) is 10.0 Å². The summed E-state index contributed by atoms with van der Waals surface area (Å²) in [6.45, 7) is 3.15. The van der Waals surface area contributed by atoms with Crippen LogP contribution in [0.2, 0.25) is 0 Å². The highest BCUT2D eigenvalue weighted by molar-refractivity contribution is 7.88. The molecule has 2 aromatic heterocycles. The van der Waals surface area contributed by atoms with Gasteiger partial charge in [-0.2, -0.15) is 4.31 Å². The molecule has 1 saturated heterocycles. The summed E-state index contributed by atoms with van der Waals surface area (Å²) in [5.41, 5.74) is 0.706. The largest absolute Gasteiger partial charge is 0.352 e. The van der Waals surface area contributed by atoms with E-state index in [1.807, 2.05) is 30.0 Å². The molecule has 0 atom stereocenters. The fourth-order valence-electron chi connectivity index (χ4n) is 3.44. The van der Waals surface area contributed by atoms with Crippen molar-refractivity contribution >= 4 is 27.5 Å². The van der Waals surface area contributed by atoms with Crippen LogP contribution in [0.15, 0.2) is 48.5 Å². The van der Waals surface area contributed by atoms with Crippen molar-refractivity contribution < 1.29 is 17.2 Å². The van der Waals surface area contributed by atoms with Crippen LogP contribution in [0.3, 0.4) is 0 Å². The lowest BCUT2D eigenvalue weighted by atomic mass is 10.2. The Kier molecular flexibility index (Phi) is 6.28. The maximum absolute atomic E-state index is 13.9. The zero-order valence-corrected chi connectivity index (χ0v) is 18.2. The second-order valence-corrected chi connectivity index (χ2v) is 9.41. The Bertz CT molecular complexity index is 1200. The molecule has 168 valence electrons. The second kappa shape index (κ2) is 9.13. The minimum absolute atomic E-state index is 0.176. The van der Waals surface area contributed by atoms with Crippen LogP contribution in [-0.4, -0.2) is 54.1 Å². The number of benzene rings is 1. The van der Waals surface area contributed by atoms with Crippen LogP contribution in [0.1, 0.15) is 11.3 Å². The first kappa shape index (κ1) is 22.0. The maximum atomic E-state index is 13.9. The Morgan fingerprint density at radius 2 is 1.75 bits per heavy atom. The first-order chi connectivity index (χ1) is 15.3. The molecule has 0 saturated carbocycles. The van der Waals surface area contributed by atoms with Crippen molar-refractivity contribution in [3.05, 3.63) is 71.4 Å². The molecule has 11 heteroatoms. The molecule has 1 N–H and O–H groups in total. The third-order valence-corrected chi connectivity index (χ3v) is 6.92. The average Bonchev–Trinajstić information content (AvgIpc) is 2.77. The monoisotopic (exact) mass is 460 g/mol. The van der Waals surface area contributed by atoms with Crippen molar-refractivity contribution in [2.45, 2.75) is 12.7 Å². The van der Waals surface area contributed by atoms with E-state index in [0.29, 0.717) is 30.5 Å². The van der Waals surface area contributed by atoms with Crippen molar-refractivity contribution in [1.29, 1.82) is 0 Å². The van der Waals surface area contributed by atoms with Crippen molar-refractivity contribution in [3.8, 4) is 0 Å². The Hall–Kier alpha value is -3.18. The van der Waals surface area contributed by atoms with Crippen molar-refractivity contribution in [2.75, 3.05) is 36.4 Å². The van der Waals surface area contributed by atoms with E-state index in [0.717, 1.165) is 23.9 Å². The first-order valence-corrected chi connectivity index (χ1v) is 11.6. The minimum atomic E-state index is -3.78. The number of halogens is 2. The van der Waals surface area contributed by atoms with Crippen LogP contribution in [0, 0.1) is 18.6 Å². The van der Waals surface area contributed by atoms with E-state index in [1.165, 1.54) is 4.31 Å². The predicted octanol–water partition coefficient (Wildman–Crippen LogP) is 2.85. The third kappa shape index (κ3) is 5.17. The molecule has 0 amide bonds. The molecule has 0 aliphatic carbocycles. The number of nitrogens with one attached hydrogen (secondary N) is 1. The number of aromatic nitrogens is 3. The standard InChI is InChI=1S/C21H22F2N6O2S/c1-15-3-2-4-19(24-15)25-20-7-8-21(27-26-20)28-9-11-29(12-10-28)32(30,31)14-16-13-17(22)5-6-18(16)23/h2-8,13H,9-12,14H2,1H3,(H,24,25,26). The molecule has 8 nitrogen and oxygen atoms in total. The van der Waals surface area contributed by atoms with E-state index in [9.17, 15) is 17.2 Å². The van der Waals surface area contributed by atoms with Gasteiger partial charge < -0.3 is 10.2 Å². The summed E-state index contributed by atoms with van der Waals surface area (Å²) in [5.74, 6) is -0.148. The van der Waals surface area contributed by atoms with Crippen LogP contribution in [0.25, 0.3) is 0 Å². The van der Waals surface area contributed by atoms with Gasteiger partial charge in [-0.05, 0) is 49.4 Å². The molecule has 0 bridgehead atoms. The van der Waals surface area contributed by atoms with Gasteiger partial charge in [-0.15, -0.1) is 10.2 Å². The van der Waals surface area contributed by atoms with Gasteiger partial charge in [0.05, 0.1) is 5.75 Å². The van der Waals surface area contributed by atoms with Crippen LogP contribution in [-0.2, 0) is 15.8 Å². The highest BCUT2D eigenvalue weighted by Gasteiger charge is 2.28. The Labute approximate surface area is 185 Å². The van der Waals surface area contributed by atoms with Gasteiger partial charge in [-0.25, -0.2) is 22.2 Å². The number of sulfonamides is 1. The van der Waals surface area contributed by atoms with Gasteiger partial charge in [0.1, 0.15) is 17.5 Å². The van der Waals surface area contributed by atoms with Gasteiger partial charge in [0.15, 0.2) is 11.6 Å². The zero-order chi connectivity index (χ0) is 22.7. The fraction of sp³-hybridized carbons (Fsp3) is 0.286. The minimum Gasteiger partial charge on any atom is -0.352 e. The highest BCUT2D eigenvalue weighted by Crippen LogP contribution is 2.20. The Morgan fingerprint density at radius 3 is 2.44 bits per heavy atom. The molecular weight excluding hydrogens is 438 g/mol. The Balaban J connectivity index is 1.36. The van der Waals surface area contributed by atoms with E-state index in [-0.39, 0.29) is 18.7 Å². The van der Waals surface area contributed by atoms with Gasteiger partial charge in [0.25, 0.3) is 0 Å². The quantitative estimate of drug-likeness (QED) is 0.605. The summed E-state index contributed by atoms with van der Waals surface area (Å²) < 4.78 is 53.9.